The summed E-state index contributed by atoms with van der Waals surface area (Å²) in [5, 5.41) is 21.3. The molecule has 1 heterocycles. The zero-order valence-corrected chi connectivity index (χ0v) is 6.79. The van der Waals surface area contributed by atoms with Gasteiger partial charge in [0.2, 0.25) is 0 Å². The van der Waals surface area contributed by atoms with E-state index >= 15 is 0 Å². The fourth-order valence-electron chi connectivity index (χ4n) is 1.58. The maximum absolute atomic E-state index is 9.47. The number of aliphatic hydroxyl groups excluding tert-OH is 2. The van der Waals surface area contributed by atoms with E-state index in [1.54, 1.807) is 0 Å². The molecular formula is C8H17NO2. The molecule has 11 heavy (non-hydrogen) atoms. The maximum Gasteiger partial charge on any atom is 0.0602 e. The first-order chi connectivity index (χ1) is 5.34. The van der Waals surface area contributed by atoms with Crippen molar-refractivity contribution in [2.45, 2.75) is 25.4 Å². The van der Waals surface area contributed by atoms with Gasteiger partial charge in [-0.15, -0.1) is 0 Å². The van der Waals surface area contributed by atoms with Crippen molar-refractivity contribution in [3.63, 3.8) is 0 Å². The van der Waals surface area contributed by atoms with Crippen LogP contribution in [0, 0.1) is 5.92 Å². The predicted octanol–water partition coefficient (Wildman–Crippen LogP) is -0.271. The molecule has 66 valence electrons. The van der Waals surface area contributed by atoms with Crippen LogP contribution >= 0.6 is 0 Å². The van der Waals surface area contributed by atoms with Gasteiger partial charge in [0.25, 0.3) is 0 Å². The van der Waals surface area contributed by atoms with E-state index in [-0.39, 0.29) is 12.7 Å². The maximum atomic E-state index is 9.47. The molecule has 3 nitrogen and oxygen atoms in total. The molecule has 0 unspecified atom stereocenters. The van der Waals surface area contributed by atoms with Gasteiger partial charge >= 0.3 is 0 Å². The van der Waals surface area contributed by atoms with Gasteiger partial charge in [-0.25, -0.2) is 0 Å². The van der Waals surface area contributed by atoms with E-state index in [1.807, 2.05) is 0 Å². The lowest BCUT2D eigenvalue weighted by atomic mass is 9.92. The van der Waals surface area contributed by atoms with Crippen molar-refractivity contribution in [3.8, 4) is 0 Å². The molecule has 3 heteroatoms. The highest BCUT2D eigenvalue weighted by Crippen LogP contribution is 2.15. The molecule has 1 aliphatic heterocycles. The molecule has 0 spiro atoms. The molecular weight excluding hydrogens is 142 g/mol. The SMILES string of the molecule is OCC[C@@H](O)[C@@H]1CCCNC1. The second kappa shape index (κ2) is 4.70. The average molecular weight is 159 g/mol. The lowest BCUT2D eigenvalue weighted by molar-refractivity contribution is 0.0667. The summed E-state index contributed by atoms with van der Waals surface area (Å²) < 4.78 is 0. The summed E-state index contributed by atoms with van der Waals surface area (Å²) in [4.78, 5) is 0. The lowest BCUT2D eigenvalue weighted by Gasteiger charge is -2.26. The van der Waals surface area contributed by atoms with Crippen LogP contribution in [0.4, 0.5) is 0 Å². The Bertz CT molecular complexity index is 102. The average Bonchev–Trinajstić information content (AvgIpc) is 2.07. The van der Waals surface area contributed by atoms with Gasteiger partial charge in [-0.1, -0.05) is 0 Å². The molecule has 1 aliphatic rings. The first kappa shape index (κ1) is 8.97. The summed E-state index contributed by atoms with van der Waals surface area (Å²) in [6.45, 7) is 2.07. The normalized spacial score (nSPS) is 28.4. The van der Waals surface area contributed by atoms with Crippen LogP contribution in [-0.4, -0.2) is 36.0 Å². The number of nitrogens with one attached hydrogen (secondary N) is 1. The topological polar surface area (TPSA) is 52.5 Å². The van der Waals surface area contributed by atoms with E-state index in [2.05, 4.69) is 5.32 Å². The van der Waals surface area contributed by atoms with Gasteiger partial charge in [0, 0.05) is 13.2 Å². The quantitative estimate of drug-likeness (QED) is 0.531. The van der Waals surface area contributed by atoms with Crippen molar-refractivity contribution in [1.29, 1.82) is 0 Å². The lowest BCUT2D eigenvalue weighted by Crippen LogP contribution is -2.37. The Balaban J connectivity index is 2.21. The third-order valence-corrected chi connectivity index (χ3v) is 2.30. The van der Waals surface area contributed by atoms with Gasteiger partial charge in [-0.2, -0.15) is 0 Å². The van der Waals surface area contributed by atoms with Crippen LogP contribution < -0.4 is 5.32 Å². The van der Waals surface area contributed by atoms with Crippen LogP contribution in [0.2, 0.25) is 0 Å². The van der Waals surface area contributed by atoms with E-state index in [0.29, 0.717) is 12.3 Å². The zero-order valence-electron chi connectivity index (χ0n) is 6.79. The van der Waals surface area contributed by atoms with E-state index in [4.69, 9.17) is 5.11 Å². The molecule has 0 saturated carbocycles. The van der Waals surface area contributed by atoms with Gasteiger partial charge in [0.05, 0.1) is 6.10 Å². The molecule has 0 amide bonds. The number of rotatable bonds is 3. The van der Waals surface area contributed by atoms with Crippen LogP contribution in [0.15, 0.2) is 0 Å². The summed E-state index contributed by atoms with van der Waals surface area (Å²) in [6.07, 6.45) is 2.45. The molecule has 1 saturated heterocycles. The Labute approximate surface area is 67.4 Å². The third-order valence-electron chi connectivity index (χ3n) is 2.30. The highest BCUT2D eigenvalue weighted by atomic mass is 16.3. The number of aliphatic hydroxyl groups is 2. The minimum Gasteiger partial charge on any atom is -0.396 e. The summed E-state index contributed by atoms with van der Waals surface area (Å²) in [6, 6.07) is 0. The highest BCUT2D eigenvalue weighted by molar-refractivity contribution is 4.75. The molecule has 2 atom stereocenters. The van der Waals surface area contributed by atoms with Crippen molar-refractivity contribution < 1.29 is 10.2 Å². The Morgan fingerprint density at radius 3 is 2.91 bits per heavy atom. The molecule has 0 aromatic rings. The van der Waals surface area contributed by atoms with Crippen molar-refractivity contribution >= 4 is 0 Å². The van der Waals surface area contributed by atoms with Crippen molar-refractivity contribution in [3.05, 3.63) is 0 Å². The first-order valence-corrected chi connectivity index (χ1v) is 4.34. The minimum atomic E-state index is -0.312. The summed E-state index contributed by atoms with van der Waals surface area (Å²) >= 11 is 0. The van der Waals surface area contributed by atoms with Gasteiger partial charge in [-0.05, 0) is 31.7 Å². The molecule has 3 N–H and O–H groups in total. The standard InChI is InChI=1S/C8H17NO2/c10-5-3-8(11)7-2-1-4-9-6-7/h7-11H,1-6H2/t7-,8-/m1/s1. The Kier molecular flexibility index (Phi) is 3.83. The second-order valence-electron chi connectivity index (χ2n) is 3.19. The second-order valence-corrected chi connectivity index (χ2v) is 3.19. The molecule has 0 aliphatic carbocycles. The molecule has 1 fully saturated rings. The first-order valence-electron chi connectivity index (χ1n) is 4.34. The molecule has 0 bridgehead atoms. The van der Waals surface area contributed by atoms with Gasteiger partial charge in [0.15, 0.2) is 0 Å². The van der Waals surface area contributed by atoms with Crippen LogP contribution in [0.1, 0.15) is 19.3 Å². The molecule has 0 aromatic heterocycles. The van der Waals surface area contributed by atoms with E-state index in [9.17, 15) is 5.11 Å². The van der Waals surface area contributed by atoms with E-state index < -0.39 is 0 Å². The fourth-order valence-corrected chi connectivity index (χ4v) is 1.58. The molecule has 0 radical (unpaired) electrons. The smallest absolute Gasteiger partial charge is 0.0602 e. The van der Waals surface area contributed by atoms with E-state index in [1.165, 1.54) is 0 Å². The third kappa shape index (κ3) is 2.77. The number of hydrogen-bond acceptors (Lipinski definition) is 3. The minimum absolute atomic E-state index is 0.0949. The monoisotopic (exact) mass is 159 g/mol. The van der Waals surface area contributed by atoms with Crippen LogP contribution in [0.3, 0.4) is 0 Å². The Hall–Kier alpha value is -0.120. The highest BCUT2D eigenvalue weighted by Gasteiger charge is 2.20. The number of piperidine rings is 1. The van der Waals surface area contributed by atoms with Crippen LogP contribution in [0.5, 0.6) is 0 Å². The van der Waals surface area contributed by atoms with Crippen molar-refractivity contribution in [2.24, 2.45) is 5.92 Å². The van der Waals surface area contributed by atoms with Crippen molar-refractivity contribution in [2.75, 3.05) is 19.7 Å². The van der Waals surface area contributed by atoms with E-state index in [0.717, 1.165) is 25.9 Å². The Morgan fingerprint density at radius 1 is 1.55 bits per heavy atom. The summed E-state index contributed by atoms with van der Waals surface area (Å²) in [5.41, 5.74) is 0. The molecule has 0 aromatic carbocycles. The molecule has 1 rings (SSSR count). The van der Waals surface area contributed by atoms with Gasteiger partial charge in [0.1, 0.15) is 0 Å². The van der Waals surface area contributed by atoms with Crippen LogP contribution in [0.25, 0.3) is 0 Å². The Morgan fingerprint density at radius 2 is 2.36 bits per heavy atom. The fraction of sp³-hybridized carbons (Fsp3) is 1.00. The zero-order chi connectivity index (χ0) is 8.10. The number of hydrogen-bond donors (Lipinski definition) is 3. The summed E-state index contributed by atoms with van der Waals surface area (Å²) in [7, 11) is 0. The predicted molar refractivity (Wildman–Crippen MR) is 43.3 cm³/mol. The largest absolute Gasteiger partial charge is 0.396 e. The van der Waals surface area contributed by atoms with Crippen molar-refractivity contribution in [1.82, 2.24) is 5.32 Å². The van der Waals surface area contributed by atoms with Crippen LogP contribution in [-0.2, 0) is 0 Å². The van der Waals surface area contributed by atoms with Gasteiger partial charge < -0.3 is 15.5 Å². The van der Waals surface area contributed by atoms with Gasteiger partial charge in [-0.3, -0.25) is 0 Å². The summed E-state index contributed by atoms with van der Waals surface area (Å²) in [5.74, 6) is 0.357.